The molecule has 4 aromatic rings. The lowest BCUT2D eigenvalue weighted by molar-refractivity contribution is -0.0506. The first-order valence-corrected chi connectivity index (χ1v) is 11.2. The van der Waals surface area contributed by atoms with Gasteiger partial charge in [0.2, 0.25) is 5.88 Å². The van der Waals surface area contributed by atoms with E-state index in [0.29, 0.717) is 23.0 Å². The van der Waals surface area contributed by atoms with Crippen LogP contribution in [0.2, 0.25) is 0 Å². The number of hydrogen-bond acceptors (Lipinski definition) is 6. The van der Waals surface area contributed by atoms with Gasteiger partial charge in [-0.3, -0.25) is 0 Å². The van der Waals surface area contributed by atoms with Gasteiger partial charge in [-0.2, -0.15) is 13.9 Å². The fraction of sp³-hybridized carbons (Fsp3) is 0.280. The Bertz CT molecular complexity index is 1360. The highest BCUT2D eigenvalue weighted by molar-refractivity contribution is 5.65. The molecule has 1 aromatic carbocycles. The number of fused-ring (bicyclic) bond motifs is 1. The molecule has 1 aliphatic rings. The number of imidazole rings is 1. The molecule has 180 valence electrons. The molecule has 0 saturated carbocycles. The van der Waals surface area contributed by atoms with E-state index in [-0.39, 0.29) is 11.7 Å². The van der Waals surface area contributed by atoms with Crippen LogP contribution in [0.3, 0.4) is 0 Å². The number of hydrogen-bond donors (Lipinski definition) is 0. The lowest BCUT2D eigenvalue weighted by atomic mass is 9.90. The van der Waals surface area contributed by atoms with Gasteiger partial charge in [-0.15, -0.1) is 0 Å². The van der Waals surface area contributed by atoms with Gasteiger partial charge in [0.1, 0.15) is 17.3 Å². The molecule has 1 atom stereocenters. The molecule has 0 spiro atoms. The Morgan fingerprint density at radius 3 is 2.74 bits per heavy atom. The summed E-state index contributed by atoms with van der Waals surface area (Å²) in [7, 11) is 1.57. The molecule has 0 saturated heterocycles. The first-order chi connectivity index (χ1) is 17.0. The predicted octanol–water partition coefficient (Wildman–Crippen LogP) is 4.87. The number of ether oxygens (including phenoxy) is 2. The van der Waals surface area contributed by atoms with Crippen LogP contribution in [0.1, 0.15) is 47.4 Å². The Kier molecular flexibility index (Phi) is 6.26. The highest BCUT2D eigenvalue weighted by Crippen LogP contribution is 2.37. The van der Waals surface area contributed by atoms with E-state index >= 15 is 0 Å². The minimum absolute atomic E-state index is 0.172. The van der Waals surface area contributed by atoms with E-state index in [9.17, 15) is 8.78 Å². The first kappa shape index (κ1) is 22.7. The highest BCUT2D eigenvalue weighted by atomic mass is 19.3. The SMILES string of the molecule is COc1nc(/C=C/c2nc3n(n2)CCC[C@@H]3c2ccccc2OC(F)F)ccc1-n1cnc(C)c1. The fourth-order valence-electron chi connectivity index (χ4n) is 4.31. The standard InChI is InChI=1S/C25H24F2N6O2/c1-16-14-32(15-28-16)20-11-9-17(29-24(20)34-2)10-12-22-30-23-19(7-5-13-33(23)31-22)18-6-3-4-8-21(18)35-25(26)27/h3-4,6,8-12,14-15,19,25H,5,7,13H2,1-2H3/b12-10+/t19-/m1/s1. The third kappa shape index (κ3) is 4.77. The summed E-state index contributed by atoms with van der Waals surface area (Å²) in [5, 5.41) is 4.60. The van der Waals surface area contributed by atoms with Crippen molar-refractivity contribution >= 4 is 12.2 Å². The number of aromatic nitrogens is 6. The van der Waals surface area contributed by atoms with Crippen LogP contribution < -0.4 is 9.47 Å². The number of aryl methyl sites for hydroxylation is 2. The Hall–Kier alpha value is -4.08. The molecule has 0 amide bonds. The molecule has 3 aromatic heterocycles. The summed E-state index contributed by atoms with van der Waals surface area (Å²) in [6, 6.07) is 10.7. The molecular weight excluding hydrogens is 454 g/mol. The zero-order chi connectivity index (χ0) is 24.4. The van der Waals surface area contributed by atoms with Crippen LogP contribution in [0, 0.1) is 6.92 Å². The van der Waals surface area contributed by atoms with Gasteiger partial charge in [-0.05, 0) is 50.1 Å². The van der Waals surface area contributed by atoms with Crippen molar-refractivity contribution in [2.45, 2.75) is 38.8 Å². The summed E-state index contributed by atoms with van der Waals surface area (Å²) in [4.78, 5) is 13.5. The van der Waals surface area contributed by atoms with Crippen LogP contribution in [0.15, 0.2) is 48.9 Å². The molecule has 4 heterocycles. The maximum Gasteiger partial charge on any atom is 0.387 e. The number of methoxy groups -OCH3 is 1. The van der Waals surface area contributed by atoms with E-state index < -0.39 is 6.61 Å². The minimum atomic E-state index is -2.88. The average Bonchev–Trinajstić information content (AvgIpc) is 3.48. The van der Waals surface area contributed by atoms with Gasteiger partial charge in [0.25, 0.3) is 0 Å². The monoisotopic (exact) mass is 478 g/mol. The summed E-state index contributed by atoms with van der Waals surface area (Å²) in [5.74, 6) is 1.72. The topological polar surface area (TPSA) is 79.9 Å². The quantitative estimate of drug-likeness (QED) is 0.377. The lowest BCUT2D eigenvalue weighted by Crippen LogP contribution is -2.19. The van der Waals surface area contributed by atoms with Crippen molar-refractivity contribution in [1.82, 2.24) is 29.3 Å². The van der Waals surface area contributed by atoms with Gasteiger partial charge in [0, 0.05) is 24.2 Å². The number of pyridine rings is 1. The largest absolute Gasteiger partial charge is 0.479 e. The smallest absolute Gasteiger partial charge is 0.387 e. The van der Waals surface area contributed by atoms with Crippen LogP contribution in [0.5, 0.6) is 11.6 Å². The van der Waals surface area contributed by atoms with Crippen molar-refractivity contribution in [2.75, 3.05) is 7.11 Å². The average molecular weight is 479 g/mol. The van der Waals surface area contributed by atoms with Crippen molar-refractivity contribution in [3.63, 3.8) is 0 Å². The number of nitrogens with zero attached hydrogens (tertiary/aromatic N) is 6. The molecule has 0 aliphatic carbocycles. The van der Waals surface area contributed by atoms with E-state index in [1.807, 2.05) is 52.7 Å². The van der Waals surface area contributed by atoms with Gasteiger partial charge in [0.15, 0.2) is 5.82 Å². The molecule has 0 radical (unpaired) electrons. The third-order valence-electron chi connectivity index (χ3n) is 5.85. The zero-order valence-electron chi connectivity index (χ0n) is 19.3. The number of alkyl halides is 2. The van der Waals surface area contributed by atoms with Crippen molar-refractivity contribution < 1.29 is 18.3 Å². The Morgan fingerprint density at radius 1 is 1.11 bits per heavy atom. The lowest BCUT2D eigenvalue weighted by Gasteiger charge is -2.24. The van der Waals surface area contributed by atoms with Crippen LogP contribution in [-0.2, 0) is 6.54 Å². The second kappa shape index (κ2) is 9.65. The maximum absolute atomic E-state index is 12.9. The Balaban J connectivity index is 1.41. The Labute approximate surface area is 200 Å². The van der Waals surface area contributed by atoms with Crippen LogP contribution in [0.25, 0.3) is 17.8 Å². The van der Waals surface area contributed by atoms with E-state index in [4.69, 9.17) is 14.5 Å². The zero-order valence-corrected chi connectivity index (χ0v) is 19.3. The normalized spacial score (nSPS) is 15.5. The molecule has 1 aliphatic heterocycles. The number of para-hydroxylation sites is 1. The molecule has 8 nitrogen and oxygen atoms in total. The van der Waals surface area contributed by atoms with Crippen molar-refractivity contribution in [3.05, 3.63) is 77.5 Å². The molecule has 0 fully saturated rings. The van der Waals surface area contributed by atoms with E-state index in [2.05, 4.69) is 15.1 Å². The van der Waals surface area contributed by atoms with Gasteiger partial charge in [-0.25, -0.2) is 19.6 Å². The first-order valence-electron chi connectivity index (χ1n) is 11.2. The van der Waals surface area contributed by atoms with Crippen molar-refractivity contribution in [2.24, 2.45) is 0 Å². The highest BCUT2D eigenvalue weighted by Gasteiger charge is 2.28. The van der Waals surface area contributed by atoms with Gasteiger partial charge >= 0.3 is 6.61 Å². The predicted molar refractivity (Wildman–Crippen MR) is 126 cm³/mol. The second-order valence-electron chi connectivity index (χ2n) is 8.18. The van der Waals surface area contributed by atoms with E-state index in [1.165, 1.54) is 0 Å². The van der Waals surface area contributed by atoms with Crippen LogP contribution >= 0.6 is 0 Å². The minimum Gasteiger partial charge on any atom is -0.479 e. The van der Waals surface area contributed by atoms with Gasteiger partial charge < -0.3 is 14.0 Å². The van der Waals surface area contributed by atoms with Gasteiger partial charge in [0.05, 0.1) is 24.8 Å². The second-order valence-corrected chi connectivity index (χ2v) is 8.18. The van der Waals surface area contributed by atoms with E-state index in [0.717, 1.165) is 36.6 Å². The molecule has 0 bridgehead atoms. The third-order valence-corrected chi connectivity index (χ3v) is 5.85. The van der Waals surface area contributed by atoms with Crippen molar-refractivity contribution in [1.29, 1.82) is 0 Å². The molecular formula is C25H24F2N6O2. The fourth-order valence-corrected chi connectivity index (χ4v) is 4.31. The molecule has 5 rings (SSSR count). The number of rotatable bonds is 7. The summed E-state index contributed by atoms with van der Waals surface area (Å²) in [6.45, 7) is -0.250. The summed E-state index contributed by atoms with van der Waals surface area (Å²) in [5.41, 5.74) is 3.05. The summed E-state index contributed by atoms with van der Waals surface area (Å²) in [6.07, 6.45) is 8.85. The summed E-state index contributed by atoms with van der Waals surface area (Å²) >= 11 is 0. The molecule has 0 unspecified atom stereocenters. The summed E-state index contributed by atoms with van der Waals surface area (Å²) < 4.78 is 39.8. The van der Waals surface area contributed by atoms with Crippen molar-refractivity contribution in [3.8, 4) is 17.3 Å². The van der Waals surface area contributed by atoms with E-state index in [1.54, 1.807) is 31.6 Å². The molecule has 0 N–H and O–H groups in total. The number of halogens is 2. The van der Waals surface area contributed by atoms with Crippen LogP contribution in [-0.4, -0.2) is 43.0 Å². The maximum atomic E-state index is 12.9. The van der Waals surface area contributed by atoms with Crippen LogP contribution in [0.4, 0.5) is 8.78 Å². The van der Waals surface area contributed by atoms with Gasteiger partial charge in [-0.1, -0.05) is 18.2 Å². The number of benzene rings is 1. The molecule has 35 heavy (non-hydrogen) atoms. The Morgan fingerprint density at radius 2 is 1.97 bits per heavy atom. The molecule has 10 heteroatoms.